The zero-order valence-corrected chi connectivity index (χ0v) is 12.3. The summed E-state index contributed by atoms with van der Waals surface area (Å²) in [5.74, 6) is 5.18. The van der Waals surface area contributed by atoms with Crippen molar-refractivity contribution in [3.8, 4) is 0 Å². The monoisotopic (exact) mass is 236 g/mol. The highest BCUT2D eigenvalue weighted by atomic mass is 14.4. The quantitative estimate of drug-likeness (QED) is 0.509. The van der Waals surface area contributed by atoms with E-state index < -0.39 is 0 Å². The van der Waals surface area contributed by atoms with E-state index in [-0.39, 0.29) is 0 Å². The van der Waals surface area contributed by atoms with Crippen LogP contribution in [0.15, 0.2) is 0 Å². The van der Waals surface area contributed by atoms with Gasteiger partial charge in [-0.3, -0.25) is 0 Å². The Bertz CT molecular complexity index is 210. The van der Waals surface area contributed by atoms with E-state index in [2.05, 4.69) is 20.8 Å². The van der Waals surface area contributed by atoms with Gasteiger partial charge in [0.1, 0.15) is 0 Å². The Balaban J connectivity index is 1.74. The first-order chi connectivity index (χ1) is 8.15. The van der Waals surface area contributed by atoms with E-state index in [1.165, 1.54) is 44.9 Å². The average molecular weight is 236 g/mol. The van der Waals surface area contributed by atoms with Gasteiger partial charge in [0.15, 0.2) is 0 Å². The Morgan fingerprint density at radius 2 is 1.41 bits per heavy atom. The predicted octanol–water partition coefficient (Wildman–Crippen LogP) is 5.67. The highest BCUT2D eigenvalue weighted by molar-refractivity contribution is 4.82. The molecule has 0 radical (unpaired) electrons. The van der Waals surface area contributed by atoms with Crippen LogP contribution in [0.1, 0.15) is 78.6 Å². The molecule has 0 aromatic carbocycles. The Hall–Kier alpha value is 0. The molecule has 0 aromatic heterocycles. The lowest BCUT2D eigenvalue weighted by atomic mass is 9.73. The topological polar surface area (TPSA) is 0 Å². The average Bonchev–Trinajstić information content (AvgIpc) is 3.01. The molecular weight excluding hydrogens is 204 g/mol. The first-order valence-electron chi connectivity index (χ1n) is 8.15. The summed E-state index contributed by atoms with van der Waals surface area (Å²) in [6.45, 7) is 7.27. The fourth-order valence-electron chi connectivity index (χ4n) is 3.33. The summed E-state index contributed by atoms with van der Waals surface area (Å²) in [5.41, 5.74) is 0. The van der Waals surface area contributed by atoms with Gasteiger partial charge in [0.05, 0.1) is 0 Å². The van der Waals surface area contributed by atoms with Crippen LogP contribution < -0.4 is 0 Å². The van der Waals surface area contributed by atoms with Crippen LogP contribution in [0.5, 0.6) is 0 Å². The van der Waals surface area contributed by atoms with Crippen LogP contribution >= 0.6 is 0 Å². The van der Waals surface area contributed by atoms with Gasteiger partial charge in [-0.2, -0.15) is 0 Å². The maximum absolute atomic E-state index is 2.54. The Kier molecular flexibility index (Phi) is 4.94. The Morgan fingerprint density at radius 1 is 0.824 bits per heavy atom. The van der Waals surface area contributed by atoms with E-state index >= 15 is 0 Å². The molecule has 2 atom stereocenters. The fourth-order valence-corrected chi connectivity index (χ4v) is 3.33. The van der Waals surface area contributed by atoms with E-state index in [1.54, 1.807) is 12.8 Å². The summed E-state index contributed by atoms with van der Waals surface area (Å²) in [6, 6.07) is 0. The molecule has 0 amide bonds. The van der Waals surface area contributed by atoms with Crippen LogP contribution in [0.25, 0.3) is 0 Å². The maximum Gasteiger partial charge on any atom is -0.0383 e. The summed E-state index contributed by atoms with van der Waals surface area (Å²) >= 11 is 0. The minimum absolute atomic E-state index is 0.891. The largest absolute Gasteiger partial charge is 0.0628 e. The second-order valence-corrected chi connectivity index (χ2v) is 7.42. The van der Waals surface area contributed by atoms with Gasteiger partial charge in [0.25, 0.3) is 0 Å². The third-order valence-corrected chi connectivity index (χ3v) is 5.20. The maximum atomic E-state index is 2.54. The predicted molar refractivity (Wildman–Crippen MR) is 76.0 cm³/mol. The number of rotatable bonds is 8. The molecule has 2 aliphatic rings. The molecule has 2 fully saturated rings. The summed E-state index contributed by atoms with van der Waals surface area (Å²) < 4.78 is 0. The van der Waals surface area contributed by atoms with Crippen LogP contribution in [0.2, 0.25) is 0 Å². The zero-order valence-electron chi connectivity index (χ0n) is 12.3. The van der Waals surface area contributed by atoms with Crippen molar-refractivity contribution in [1.82, 2.24) is 0 Å². The molecule has 17 heavy (non-hydrogen) atoms. The minimum Gasteiger partial charge on any atom is -0.0628 e. The van der Waals surface area contributed by atoms with Gasteiger partial charge < -0.3 is 0 Å². The van der Waals surface area contributed by atoms with Crippen molar-refractivity contribution >= 4 is 0 Å². The van der Waals surface area contributed by atoms with Crippen LogP contribution in [0, 0.1) is 29.6 Å². The van der Waals surface area contributed by atoms with E-state index in [1.807, 2.05) is 0 Å². The van der Waals surface area contributed by atoms with Gasteiger partial charge in [0, 0.05) is 0 Å². The van der Waals surface area contributed by atoms with Gasteiger partial charge in [-0.15, -0.1) is 0 Å². The first kappa shape index (κ1) is 13.4. The van der Waals surface area contributed by atoms with Crippen molar-refractivity contribution in [2.75, 3.05) is 0 Å². The highest BCUT2D eigenvalue weighted by Gasteiger charge is 2.31. The molecule has 0 N–H and O–H groups in total. The lowest BCUT2D eigenvalue weighted by Crippen LogP contribution is -2.21. The summed E-state index contributed by atoms with van der Waals surface area (Å²) in [7, 11) is 0. The highest BCUT2D eigenvalue weighted by Crippen LogP contribution is 2.43. The molecule has 2 unspecified atom stereocenters. The smallest absolute Gasteiger partial charge is 0.0383 e. The van der Waals surface area contributed by atoms with Crippen LogP contribution in [0.4, 0.5) is 0 Å². The SMILES string of the molecule is CC(C)CCC(C)C(CC1CCC1)CC1CC1. The fraction of sp³-hybridized carbons (Fsp3) is 1.00. The van der Waals surface area contributed by atoms with Crippen LogP contribution in [0.3, 0.4) is 0 Å². The Labute approximate surface area is 109 Å². The molecule has 0 bridgehead atoms. The molecule has 0 heterocycles. The standard InChI is InChI=1S/C17H32/c1-13(2)7-8-14(3)17(12-16-9-10-16)11-15-5-4-6-15/h13-17H,4-12H2,1-3H3. The molecule has 2 aliphatic carbocycles. The number of hydrogen-bond donors (Lipinski definition) is 0. The van der Waals surface area contributed by atoms with E-state index in [9.17, 15) is 0 Å². The molecule has 0 aliphatic heterocycles. The van der Waals surface area contributed by atoms with Crippen LogP contribution in [-0.2, 0) is 0 Å². The third-order valence-electron chi connectivity index (χ3n) is 5.20. The molecule has 0 nitrogen and oxygen atoms in total. The summed E-state index contributed by atoms with van der Waals surface area (Å²) in [4.78, 5) is 0. The van der Waals surface area contributed by atoms with Crippen molar-refractivity contribution in [3.05, 3.63) is 0 Å². The normalized spacial score (nSPS) is 24.7. The second kappa shape index (κ2) is 6.25. The molecule has 0 saturated heterocycles. The molecule has 2 rings (SSSR count). The lowest BCUT2D eigenvalue weighted by molar-refractivity contribution is 0.185. The third kappa shape index (κ3) is 4.64. The van der Waals surface area contributed by atoms with Crippen molar-refractivity contribution < 1.29 is 0 Å². The second-order valence-electron chi connectivity index (χ2n) is 7.42. The molecule has 0 aromatic rings. The van der Waals surface area contributed by atoms with E-state index in [0.29, 0.717) is 0 Å². The van der Waals surface area contributed by atoms with Crippen molar-refractivity contribution in [2.24, 2.45) is 29.6 Å². The van der Waals surface area contributed by atoms with E-state index in [4.69, 9.17) is 0 Å². The molecule has 0 spiro atoms. The van der Waals surface area contributed by atoms with E-state index in [0.717, 1.165) is 29.6 Å². The minimum atomic E-state index is 0.891. The molecular formula is C17H32. The molecule has 0 heteroatoms. The van der Waals surface area contributed by atoms with Gasteiger partial charge in [-0.1, -0.05) is 65.7 Å². The summed E-state index contributed by atoms with van der Waals surface area (Å²) in [6.07, 6.45) is 13.7. The molecule has 100 valence electrons. The van der Waals surface area contributed by atoms with Gasteiger partial charge in [-0.25, -0.2) is 0 Å². The van der Waals surface area contributed by atoms with Gasteiger partial charge in [0.2, 0.25) is 0 Å². The van der Waals surface area contributed by atoms with Gasteiger partial charge in [-0.05, 0) is 42.4 Å². The number of hydrogen-bond acceptors (Lipinski definition) is 0. The van der Waals surface area contributed by atoms with Gasteiger partial charge >= 0.3 is 0 Å². The van der Waals surface area contributed by atoms with Crippen molar-refractivity contribution in [1.29, 1.82) is 0 Å². The van der Waals surface area contributed by atoms with Crippen LogP contribution in [-0.4, -0.2) is 0 Å². The molecule has 2 saturated carbocycles. The lowest BCUT2D eigenvalue weighted by Gasteiger charge is -2.33. The van der Waals surface area contributed by atoms with Crippen molar-refractivity contribution in [3.63, 3.8) is 0 Å². The Morgan fingerprint density at radius 3 is 1.82 bits per heavy atom. The van der Waals surface area contributed by atoms with Crippen molar-refractivity contribution in [2.45, 2.75) is 78.6 Å². The summed E-state index contributed by atoms with van der Waals surface area (Å²) in [5, 5.41) is 0. The first-order valence-corrected chi connectivity index (χ1v) is 8.15. The zero-order chi connectivity index (χ0) is 12.3.